The summed E-state index contributed by atoms with van der Waals surface area (Å²) in [5, 5.41) is 0. The maximum atomic E-state index is 6.14. The van der Waals surface area contributed by atoms with Crippen LogP contribution in [0.4, 0.5) is 0 Å². The van der Waals surface area contributed by atoms with Crippen molar-refractivity contribution >= 4 is 11.3 Å². The Morgan fingerprint density at radius 1 is 1.40 bits per heavy atom. The van der Waals surface area contributed by atoms with Gasteiger partial charge in [-0.25, -0.2) is 0 Å². The number of piperazine rings is 1. The van der Waals surface area contributed by atoms with Gasteiger partial charge in [0.05, 0.1) is 6.04 Å². The SMILES string of the molecule is CCc1ccc(C(CN)N2CC3CCCN3CC2C)s1. The highest BCUT2D eigenvalue weighted by atomic mass is 32.1. The molecule has 0 saturated carbocycles. The smallest absolute Gasteiger partial charge is 0.0567 e. The van der Waals surface area contributed by atoms with E-state index in [1.165, 1.54) is 42.2 Å². The van der Waals surface area contributed by atoms with Crippen molar-refractivity contribution in [1.29, 1.82) is 0 Å². The van der Waals surface area contributed by atoms with Gasteiger partial charge in [-0.3, -0.25) is 9.80 Å². The Bertz CT molecular complexity index is 445. The second kappa shape index (κ2) is 6.14. The van der Waals surface area contributed by atoms with E-state index < -0.39 is 0 Å². The molecule has 2 saturated heterocycles. The van der Waals surface area contributed by atoms with Gasteiger partial charge < -0.3 is 5.73 Å². The molecule has 3 heterocycles. The van der Waals surface area contributed by atoms with Crippen molar-refractivity contribution in [1.82, 2.24) is 9.80 Å². The molecule has 3 rings (SSSR count). The van der Waals surface area contributed by atoms with Gasteiger partial charge in [0.15, 0.2) is 0 Å². The Hall–Kier alpha value is -0.420. The van der Waals surface area contributed by atoms with Crippen LogP contribution in [0, 0.1) is 0 Å². The number of fused-ring (bicyclic) bond motifs is 1. The van der Waals surface area contributed by atoms with Gasteiger partial charge >= 0.3 is 0 Å². The van der Waals surface area contributed by atoms with Crippen molar-refractivity contribution in [3.8, 4) is 0 Å². The van der Waals surface area contributed by atoms with Crippen molar-refractivity contribution in [2.75, 3.05) is 26.2 Å². The molecule has 0 aromatic carbocycles. The Labute approximate surface area is 126 Å². The molecule has 4 heteroatoms. The predicted molar refractivity (Wildman–Crippen MR) is 86.3 cm³/mol. The van der Waals surface area contributed by atoms with Crippen LogP contribution in [-0.4, -0.2) is 48.1 Å². The molecule has 3 unspecified atom stereocenters. The maximum absolute atomic E-state index is 6.14. The molecule has 0 aliphatic carbocycles. The Morgan fingerprint density at radius 2 is 2.25 bits per heavy atom. The van der Waals surface area contributed by atoms with Crippen molar-refractivity contribution < 1.29 is 0 Å². The van der Waals surface area contributed by atoms with Gasteiger partial charge in [-0.1, -0.05) is 6.92 Å². The minimum Gasteiger partial charge on any atom is -0.329 e. The summed E-state index contributed by atoms with van der Waals surface area (Å²) in [6.45, 7) is 9.05. The fraction of sp³-hybridized carbons (Fsp3) is 0.750. The zero-order chi connectivity index (χ0) is 14.1. The number of hydrogen-bond acceptors (Lipinski definition) is 4. The number of aryl methyl sites for hydroxylation is 1. The van der Waals surface area contributed by atoms with Crippen LogP contribution in [0.5, 0.6) is 0 Å². The lowest BCUT2D eigenvalue weighted by Crippen LogP contribution is -2.56. The molecular formula is C16H27N3S. The molecule has 0 spiro atoms. The summed E-state index contributed by atoms with van der Waals surface area (Å²) in [5.74, 6) is 0. The van der Waals surface area contributed by atoms with Crippen molar-refractivity contribution in [2.45, 2.75) is 51.2 Å². The number of rotatable bonds is 4. The molecule has 0 amide bonds. The second-order valence-electron chi connectivity index (χ2n) is 6.25. The van der Waals surface area contributed by atoms with Gasteiger partial charge in [0.2, 0.25) is 0 Å². The summed E-state index contributed by atoms with van der Waals surface area (Å²) in [4.78, 5) is 8.28. The first-order valence-corrected chi connectivity index (χ1v) is 8.83. The van der Waals surface area contributed by atoms with Crippen molar-refractivity contribution in [2.24, 2.45) is 5.73 Å². The van der Waals surface area contributed by atoms with Gasteiger partial charge in [-0.2, -0.15) is 0 Å². The van der Waals surface area contributed by atoms with Crippen LogP contribution < -0.4 is 5.73 Å². The van der Waals surface area contributed by atoms with Crippen molar-refractivity contribution in [3.63, 3.8) is 0 Å². The Kier molecular flexibility index (Phi) is 4.46. The third-order valence-electron chi connectivity index (χ3n) is 4.97. The molecular weight excluding hydrogens is 266 g/mol. The fourth-order valence-electron chi connectivity index (χ4n) is 3.82. The van der Waals surface area contributed by atoms with Crippen molar-refractivity contribution in [3.05, 3.63) is 21.9 Å². The largest absolute Gasteiger partial charge is 0.329 e. The standard InChI is InChI=1S/C16H27N3S/c1-3-14-6-7-16(20-14)15(9-17)19-11-13-5-4-8-18(13)10-12(19)2/h6-7,12-13,15H,3-5,8-11,17H2,1-2H3. The molecule has 3 nitrogen and oxygen atoms in total. The maximum Gasteiger partial charge on any atom is 0.0567 e. The molecule has 3 atom stereocenters. The van der Waals surface area contributed by atoms with E-state index in [0.29, 0.717) is 12.1 Å². The lowest BCUT2D eigenvalue weighted by molar-refractivity contribution is 0.0306. The highest BCUT2D eigenvalue weighted by Crippen LogP contribution is 2.33. The first kappa shape index (κ1) is 14.5. The van der Waals surface area contributed by atoms with E-state index >= 15 is 0 Å². The molecule has 2 N–H and O–H groups in total. The Balaban J connectivity index is 1.77. The average molecular weight is 293 g/mol. The van der Waals surface area contributed by atoms with Gasteiger partial charge in [0.25, 0.3) is 0 Å². The van der Waals surface area contributed by atoms with Gasteiger partial charge in [-0.15, -0.1) is 11.3 Å². The zero-order valence-corrected chi connectivity index (χ0v) is 13.5. The van der Waals surface area contributed by atoms with E-state index in [1.54, 1.807) is 0 Å². The summed E-state index contributed by atoms with van der Waals surface area (Å²) >= 11 is 1.95. The number of nitrogens with zero attached hydrogens (tertiary/aromatic N) is 2. The van der Waals surface area contributed by atoms with Gasteiger partial charge in [-0.05, 0) is 44.9 Å². The third-order valence-corrected chi connectivity index (χ3v) is 6.30. The lowest BCUT2D eigenvalue weighted by Gasteiger charge is -2.45. The minimum atomic E-state index is 0.415. The van der Waals surface area contributed by atoms with E-state index in [2.05, 4.69) is 35.8 Å². The number of nitrogens with two attached hydrogens (primary N) is 1. The van der Waals surface area contributed by atoms with Crippen LogP contribution in [0.2, 0.25) is 0 Å². The van der Waals surface area contributed by atoms with Gasteiger partial charge in [0.1, 0.15) is 0 Å². The summed E-state index contributed by atoms with van der Waals surface area (Å²) in [6.07, 6.45) is 3.87. The van der Waals surface area contributed by atoms with E-state index in [1.807, 2.05) is 11.3 Å². The molecule has 0 radical (unpaired) electrons. The molecule has 112 valence electrons. The number of thiophene rings is 1. The highest BCUT2D eigenvalue weighted by molar-refractivity contribution is 7.12. The van der Waals surface area contributed by atoms with Gasteiger partial charge in [0, 0.05) is 41.5 Å². The number of hydrogen-bond donors (Lipinski definition) is 1. The van der Waals surface area contributed by atoms with Crippen LogP contribution >= 0.6 is 11.3 Å². The summed E-state index contributed by atoms with van der Waals surface area (Å²) in [6, 6.07) is 6.38. The second-order valence-corrected chi connectivity index (χ2v) is 7.45. The first-order chi connectivity index (χ1) is 9.72. The molecule has 0 bridgehead atoms. The summed E-state index contributed by atoms with van der Waals surface area (Å²) in [7, 11) is 0. The molecule has 20 heavy (non-hydrogen) atoms. The molecule has 1 aromatic heterocycles. The van der Waals surface area contributed by atoms with Crippen LogP contribution in [0.15, 0.2) is 12.1 Å². The van der Waals surface area contributed by atoms with E-state index in [9.17, 15) is 0 Å². The molecule has 2 aliphatic rings. The monoisotopic (exact) mass is 293 g/mol. The third kappa shape index (κ3) is 2.67. The molecule has 2 fully saturated rings. The zero-order valence-electron chi connectivity index (χ0n) is 12.7. The normalized spacial score (nSPS) is 29.6. The van der Waals surface area contributed by atoms with E-state index in [-0.39, 0.29) is 0 Å². The first-order valence-electron chi connectivity index (χ1n) is 8.01. The quantitative estimate of drug-likeness (QED) is 0.925. The minimum absolute atomic E-state index is 0.415. The molecule has 1 aromatic rings. The molecule has 2 aliphatic heterocycles. The van der Waals surface area contributed by atoms with E-state index in [4.69, 9.17) is 5.73 Å². The highest BCUT2D eigenvalue weighted by Gasteiger charge is 2.37. The predicted octanol–water partition coefficient (Wildman–Crippen LogP) is 2.48. The fourth-order valence-corrected chi connectivity index (χ4v) is 4.91. The Morgan fingerprint density at radius 3 is 2.95 bits per heavy atom. The van der Waals surface area contributed by atoms with Crippen LogP contribution in [0.1, 0.15) is 42.5 Å². The van der Waals surface area contributed by atoms with E-state index in [0.717, 1.165) is 19.0 Å². The average Bonchev–Trinajstić information content (AvgIpc) is 3.08. The topological polar surface area (TPSA) is 32.5 Å². The van der Waals surface area contributed by atoms with Crippen LogP contribution in [-0.2, 0) is 6.42 Å². The lowest BCUT2D eigenvalue weighted by atomic mass is 10.0. The van der Waals surface area contributed by atoms with Crippen LogP contribution in [0.3, 0.4) is 0 Å². The summed E-state index contributed by atoms with van der Waals surface area (Å²) in [5.41, 5.74) is 6.14. The summed E-state index contributed by atoms with van der Waals surface area (Å²) < 4.78 is 0. The van der Waals surface area contributed by atoms with Crippen LogP contribution in [0.25, 0.3) is 0 Å².